The van der Waals surface area contributed by atoms with E-state index in [1.165, 1.54) is 63.9 Å². The van der Waals surface area contributed by atoms with E-state index in [1.807, 2.05) is 23.5 Å². The predicted molar refractivity (Wildman–Crippen MR) is 239 cm³/mol. The molecule has 0 amide bonds. The monoisotopic (exact) mass is 732 g/mol. The number of fused-ring (bicyclic) bond motifs is 11. The molecule has 262 valence electrons. The molecule has 9 aromatic carbocycles. The molecule has 56 heavy (non-hydrogen) atoms. The topological polar surface area (TPSA) is 21.3 Å². The Morgan fingerprint density at radius 3 is 1.95 bits per heavy atom. The van der Waals surface area contributed by atoms with Crippen LogP contribution in [0.1, 0.15) is 0 Å². The number of furan rings is 1. The van der Waals surface area contributed by atoms with E-state index < -0.39 is 0 Å². The summed E-state index contributed by atoms with van der Waals surface area (Å²) in [6, 6.07) is 70.2. The average molecular weight is 733 g/mol. The largest absolute Gasteiger partial charge is 0.456 e. The summed E-state index contributed by atoms with van der Waals surface area (Å²) in [5.41, 5.74) is 11.0. The zero-order valence-corrected chi connectivity index (χ0v) is 31.0. The smallest absolute Gasteiger partial charge is 0.137 e. The second-order valence-electron chi connectivity index (χ2n) is 14.5. The van der Waals surface area contributed by atoms with Gasteiger partial charge in [-0.15, -0.1) is 11.3 Å². The van der Waals surface area contributed by atoms with Crippen molar-refractivity contribution < 1.29 is 4.42 Å². The summed E-state index contributed by atoms with van der Waals surface area (Å²) >= 11 is 1.85. The van der Waals surface area contributed by atoms with Crippen LogP contribution in [-0.4, -0.2) is 4.57 Å². The molecule has 0 bridgehead atoms. The maximum Gasteiger partial charge on any atom is 0.137 e. The highest BCUT2D eigenvalue weighted by atomic mass is 32.1. The van der Waals surface area contributed by atoms with Gasteiger partial charge in [0.2, 0.25) is 0 Å². The molecule has 0 saturated heterocycles. The molecule has 12 rings (SSSR count). The summed E-state index contributed by atoms with van der Waals surface area (Å²) in [5.74, 6) is 0. The number of aromatic nitrogens is 1. The molecule has 4 heteroatoms. The molecule has 0 atom stereocenters. The summed E-state index contributed by atoms with van der Waals surface area (Å²) in [6.45, 7) is 0. The number of hydrogen-bond acceptors (Lipinski definition) is 3. The zero-order chi connectivity index (χ0) is 36.7. The minimum absolute atomic E-state index is 0.880. The molecule has 0 radical (unpaired) electrons. The van der Waals surface area contributed by atoms with Gasteiger partial charge >= 0.3 is 0 Å². The van der Waals surface area contributed by atoms with Crippen molar-refractivity contribution in [1.29, 1.82) is 0 Å². The lowest BCUT2D eigenvalue weighted by Crippen LogP contribution is -2.10. The van der Waals surface area contributed by atoms with Crippen molar-refractivity contribution >= 4 is 103 Å². The number of benzene rings is 9. The Hall–Kier alpha value is -7.14. The van der Waals surface area contributed by atoms with Crippen LogP contribution >= 0.6 is 11.3 Å². The molecule has 3 aromatic heterocycles. The second kappa shape index (κ2) is 12.2. The number of thiophene rings is 1. The maximum absolute atomic E-state index is 6.40. The molecule has 12 aromatic rings. The minimum atomic E-state index is 0.880. The van der Waals surface area contributed by atoms with Gasteiger partial charge in [-0.1, -0.05) is 121 Å². The first-order valence-electron chi connectivity index (χ1n) is 19.0. The Morgan fingerprint density at radius 2 is 1.09 bits per heavy atom. The Bertz CT molecular complexity index is 3480. The predicted octanol–water partition coefficient (Wildman–Crippen LogP) is 15.3. The van der Waals surface area contributed by atoms with Crippen molar-refractivity contribution in [3.05, 3.63) is 194 Å². The van der Waals surface area contributed by atoms with Gasteiger partial charge in [-0.25, -0.2) is 0 Å². The van der Waals surface area contributed by atoms with Crippen LogP contribution in [0.15, 0.2) is 199 Å². The summed E-state index contributed by atoms with van der Waals surface area (Å²) in [6.07, 6.45) is 0. The molecule has 0 saturated carbocycles. The van der Waals surface area contributed by atoms with E-state index in [-0.39, 0.29) is 0 Å². The number of anilines is 3. The average Bonchev–Trinajstić information content (AvgIpc) is 3.94. The fraction of sp³-hybridized carbons (Fsp3) is 0. The quantitative estimate of drug-likeness (QED) is 0.176. The van der Waals surface area contributed by atoms with Crippen LogP contribution in [0, 0.1) is 0 Å². The number of rotatable bonds is 5. The Labute approximate surface area is 326 Å². The van der Waals surface area contributed by atoms with E-state index in [0.29, 0.717) is 0 Å². The third-order valence-corrected chi connectivity index (χ3v) is 12.6. The van der Waals surface area contributed by atoms with Crippen molar-refractivity contribution in [3.8, 4) is 16.8 Å². The highest BCUT2D eigenvalue weighted by Gasteiger charge is 2.20. The van der Waals surface area contributed by atoms with Gasteiger partial charge in [-0.2, -0.15) is 0 Å². The molecule has 0 spiro atoms. The second-order valence-corrected chi connectivity index (χ2v) is 15.5. The van der Waals surface area contributed by atoms with Gasteiger partial charge in [0.05, 0.1) is 21.4 Å². The minimum Gasteiger partial charge on any atom is -0.456 e. The summed E-state index contributed by atoms with van der Waals surface area (Å²) in [7, 11) is 0. The van der Waals surface area contributed by atoms with Crippen molar-refractivity contribution in [2.24, 2.45) is 0 Å². The molecule has 0 N–H and O–H groups in total. The number of para-hydroxylation sites is 2. The third-order valence-electron chi connectivity index (χ3n) is 11.4. The van der Waals surface area contributed by atoms with Gasteiger partial charge in [-0.05, 0) is 88.6 Å². The standard InChI is InChI=1S/C52H32N2OS/c1-2-11-39-35(10-1)24-31-46-51(39)44-14-3-6-16-45(44)54(46)37-27-22-34(23-28-37)33-20-25-36(26-21-33)53(38-29-30-41-40-12-4-7-18-48(40)55-49(41)32-38)47-17-9-15-43-42-13-5-8-19-50(42)56-52(43)47/h1-32H. The first kappa shape index (κ1) is 31.2. The number of hydrogen-bond donors (Lipinski definition) is 0. The Kier molecular flexibility index (Phi) is 6.80. The Morgan fingerprint density at radius 1 is 0.429 bits per heavy atom. The van der Waals surface area contributed by atoms with Crippen molar-refractivity contribution in [2.45, 2.75) is 0 Å². The van der Waals surface area contributed by atoms with Gasteiger partial charge < -0.3 is 13.9 Å². The lowest BCUT2D eigenvalue weighted by Gasteiger charge is -2.26. The van der Waals surface area contributed by atoms with E-state index in [0.717, 1.165) is 44.7 Å². The van der Waals surface area contributed by atoms with Crippen LogP contribution in [0.3, 0.4) is 0 Å². The van der Waals surface area contributed by atoms with Crippen molar-refractivity contribution in [2.75, 3.05) is 4.90 Å². The van der Waals surface area contributed by atoms with Gasteiger partial charge in [0.15, 0.2) is 0 Å². The molecule has 0 unspecified atom stereocenters. The Balaban J connectivity index is 0.965. The summed E-state index contributed by atoms with van der Waals surface area (Å²) in [4.78, 5) is 2.38. The summed E-state index contributed by atoms with van der Waals surface area (Å²) in [5, 5.41) is 9.93. The van der Waals surface area contributed by atoms with E-state index >= 15 is 0 Å². The number of nitrogens with zero attached hydrogens (tertiary/aromatic N) is 2. The van der Waals surface area contributed by atoms with Gasteiger partial charge in [0, 0.05) is 60.1 Å². The zero-order valence-electron chi connectivity index (χ0n) is 30.2. The highest BCUT2D eigenvalue weighted by Crippen LogP contribution is 2.46. The van der Waals surface area contributed by atoms with Crippen molar-refractivity contribution in [1.82, 2.24) is 4.57 Å². The van der Waals surface area contributed by atoms with Crippen LogP contribution < -0.4 is 4.90 Å². The van der Waals surface area contributed by atoms with Gasteiger partial charge in [0.25, 0.3) is 0 Å². The molecule has 0 aliphatic rings. The van der Waals surface area contributed by atoms with Gasteiger partial charge in [-0.3, -0.25) is 0 Å². The molecule has 0 aliphatic heterocycles. The maximum atomic E-state index is 6.40. The fourth-order valence-corrected chi connectivity index (χ4v) is 10.0. The lowest BCUT2D eigenvalue weighted by molar-refractivity contribution is 0.669. The molecule has 3 heterocycles. The first-order valence-corrected chi connectivity index (χ1v) is 19.8. The SMILES string of the molecule is c1ccc2c(c1)ccc1c2c2ccccc2n1-c1ccc(-c2ccc(N(c3ccc4c(c3)oc3ccccc34)c3cccc4c3sc3ccccc34)cc2)cc1. The van der Waals surface area contributed by atoms with Crippen LogP contribution in [0.25, 0.3) is 91.5 Å². The van der Waals surface area contributed by atoms with Crippen LogP contribution in [0.4, 0.5) is 17.1 Å². The highest BCUT2D eigenvalue weighted by molar-refractivity contribution is 7.26. The molecule has 0 fully saturated rings. The molecule has 0 aliphatic carbocycles. The van der Waals surface area contributed by atoms with Crippen LogP contribution in [0.5, 0.6) is 0 Å². The fourth-order valence-electron chi connectivity index (χ4n) is 8.81. The van der Waals surface area contributed by atoms with E-state index in [2.05, 4.69) is 191 Å². The van der Waals surface area contributed by atoms with E-state index in [4.69, 9.17) is 4.42 Å². The molecule has 3 nitrogen and oxygen atoms in total. The third kappa shape index (κ3) is 4.70. The van der Waals surface area contributed by atoms with Crippen LogP contribution in [-0.2, 0) is 0 Å². The van der Waals surface area contributed by atoms with Crippen molar-refractivity contribution in [3.63, 3.8) is 0 Å². The van der Waals surface area contributed by atoms with E-state index in [1.54, 1.807) is 0 Å². The summed E-state index contributed by atoms with van der Waals surface area (Å²) < 4.78 is 11.4. The molecular formula is C52H32N2OS. The van der Waals surface area contributed by atoms with Crippen LogP contribution in [0.2, 0.25) is 0 Å². The van der Waals surface area contributed by atoms with Gasteiger partial charge in [0.1, 0.15) is 11.2 Å². The first-order chi connectivity index (χ1) is 27.8. The van der Waals surface area contributed by atoms with E-state index in [9.17, 15) is 0 Å². The molecular weight excluding hydrogens is 701 g/mol. The normalized spacial score (nSPS) is 11.9. The lowest BCUT2D eigenvalue weighted by atomic mass is 10.0.